The van der Waals surface area contributed by atoms with Crippen LogP contribution < -0.4 is 0 Å². The van der Waals surface area contributed by atoms with Crippen LogP contribution in [0.3, 0.4) is 0 Å². The number of rotatable bonds is 13. The third-order valence-corrected chi connectivity index (χ3v) is 4.93. The first-order valence-electron chi connectivity index (χ1n) is 9.63. The molecule has 0 radical (unpaired) electrons. The molecule has 0 aromatic carbocycles. The lowest BCUT2D eigenvalue weighted by Gasteiger charge is -2.21. The fourth-order valence-electron chi connectivity index (χ4n) is 3.57. The van der Waals surface area contributed by atoms with E-state index in [-0.39, 0.29) is 5.97 Å². The molecule has 0 atom stereocenters. The van der Waals surface area contributed by atoms with E-state index in [2.05, 4.69) is 6.58 Å². The van der Waals surface area contributed by atoms with Crippen LogP contribution in [0.4, 0.5) is 0 Å². The molecule has 0 saturated heterocycles. The first-order valence-corrected chi connectivity index (χ1v) is 9.63. The lowest BCUT2D eigenvalue weighted by Crippen LogP contribution is -2.05. The van der Waals surface area contributed by atoms with E-state index in [1.54, 1.807) is 0 Å². The number of ether oxygens (including phenoxy) is 1. The maximum atomic E-state index is 11.1. The highest BCUT2D eigenvalue weighted by Gasteiger charge is 2.12. The fourth-order valence-corrected chi connectivity index (χ4v) is 3.57. The number of hydrogen-bond donors (Lipinski definition) is 0. The molecule has 0 bridgehead atoms. The van der Waals surface area contributed by atoms with E-state index in [0.717, 1.165) is 18.8 Å². The van der Waals surface area contributed by atoms with Gasteiger partial charge in [-0.2, -0.15) is 0 Å². The Labute approximate surface area is 137 Å². The molecule has 1 saturated carbocycles. The molecule has 1 fully saturated rings. The minimum atomic E-state index is -0.145. The molecule has 22 heavy (non-hydrogen) atoms. The molecule has 0 aromatic rings. The Morgan fingerprint density at radius 1 is 0.864 bits per heavy atom. The second-order valence-electron chi connectivity index (χ2n) is 6.88. The van der Waals surface area contributed by atoms with Crippen LogP contribution in [0.2, 0.25) is 0 Å². The SMILES string of the molecule is C=COC(=O)CCCCCCCCCCCC1CCCCC1. The van der Waals surface area contributed by atoms with E-state index in [1.807, 2.05) is 0 Å². The van der Waals surface area contributed by atoms with Gasteiger partial charge in [0.05, 0.1) is 6.26 Å². The highest BCUT2D eigenvalue weighted by molar-refractivity contribution is 5.69. The van der Waals surface area contributed by atoms with Crippen LogP contribution in [-0.2, 0) is 9.53 Å². The highest BCUT2D eigenvalue weighted by atomic mass is 16.5. The first kappa shape index (κ1) is 19.3. The van der Waals surface area contributed by atoms with Crippen LogP contribution >= 0.6 is 0 Å². The summed E-state index contributed by atoms with van der Waals surface area (Å²) < 4.78 is 4.69. The molecule has 0 aromatic heterocycles. The quantitative estimate of drug-likeness (QED) is 0.219. The Bertz CT molecular complexity index is 279. The Morgan fingerprint density at radius 3 is 2.00 bits per heavy atom. The summed E-state index contributed by atoms with van der Waals surface area (Å²) in [6, 6.07) is 0. The predicted molar refractivity (Wildman–Crippen MR) is 93.7 cm³/mol. The largest absolute Gasteiger partial charge is 0.435 e. The van der Waals surface area contributed by atoms with Crippen molar-refractivity contribution in [1.82, 2.24) is 0 Å². The van der Waals surface area contributed by atoms with Crippen molar-refractivity contribution in [2.24, 2.45) is 5.92 Å². The van der Waals surface area contributed by atoms with Gasteiger partial charge in [-0.25, -0.2) is 0 Å². The minimum Gasteiger partial charge on any atom is -0.435 e. The fraction of sp³-hybridized carbons (Fsp3) is 0.850. The van der Waals surface area contributed by atoms with Gasteiger partial charge in [-0.3, -0.25) is 4.79 Å². The maximum Gasteiger partial charge on any atom is 0.310 e. The molecule has 0 amide bonds. The van der Waals surface area contributed by atoms with Crippen LogP contribution in [0, 0.1) is 5.92 Å². The molecular formula is C20H36O2. The van der Waals surface area contributed by atoms with E-state index >= 15 is 0 Å². The van der Waals surface area contributed by atoms with Gasteiger partial charge in [0, 0.05) is 6.42 Å². The smallest absolute Gasteiger partial charge is 0.310 e. The monoisotopic (exact) mass is 308 g/mol. The standard InChI is InChI=1S/C20H36O2/c1-2-22-20(21)18-14-9-7-5-3-4-6-8-11-15-19-16-12-10-13-17-19/h2,19H,1,3-18H2. The predicted octanol–water partition coefficient (Wildman–Crippen LogP) is 6.54. The Hall–Kier alpha value is -0.790. The molecule has 128 valence electrons. The molecule has 0 heterocycles. The van der Waals surface area contributed by atoms with Gasteiger partial charge in [-0.1, -0.05) is 96.5 Å². The van der Waals surface area contributed by atoms with Gasteiger partial charge in [-0.15, -0.1) is 0 Å². The molecular weight excluding hydrogens is 272 g/mol. The zero-order valence-corrected chi connectivity index (χ0v) is 14.5. The normalized spacial score (nSPS) is 15.6. The van der Waals surface area contributed by atoms with E-state index in [0.29, 0.717) is 6.42 Å². The highest BCUT2D eigenvalue weighted by Crippen LogP contribution is 2.28. The van der Waals surface area contributed by atoms with Gasteiger partial charge in [0.25, 0.3) is 0 Å². The third-order valence-electron chi connectivity index (χ3n) is 4.93. The van der Waals surface area contributed by atoms with Crippen LogP contribution in [0.5, 0.6) is 0 Å². The molecule has 0 N–H and O–H groups in total. The van der Waals surface area contributed by atoms with E-state index < -0.39 is 0 Å². The molecule has 0 spiro atoms. The van der Waals surface area contributed by atoms with Crippen molar-refractivity contribution in [3.63, 3.8) is 0 Å². The molecule has 0 aliphatic heterocycles. The third kappa shape index (κ3) is 10.9. The number of esters is 1. The van der Waals surface area contributed by atoms with Crippen molar-refractivity contribution >= 4 is 5.97 Å². The number of carbonyl (C=O) groups excluding carboxylic acids is 1. The van der Waals surface area contributed by atoms with Gasteiger partial charge in [0.1, 0.15) is 0 Å². The summed E-state index contributed by atoms with van der Waals surface area (Å²) in [7, 11) is 0. The Kier molecular flexibility index (Phi) is 12.1. The molecule has 1 aliphatic rings. The first-order chi connectivity index (χ1) is 10.8. The summed E-state index contributed by atoms with van der Waals surface area (Å²) >= 11 is 0. The Balaban J connectivity index is 1.74. The van der Waals surface area contributed by atoms with Crippen LogP contribution in [0.1, 0.15) is 103 Å². The average molecular weight is 309 g/mol. The zero-order valence-electron chi connectivity index (χ0n) is 14.5. The van der Waals surface area contributed by atoms with E-state index in [4.69, 9.17) is 4.74 Å². The van der Waals surface area contributed by atoms with Gasteiger partial charge in [-0.05, 0) is 12.3 Å². The van der Waals surface area contributed by atoms with Crippen LogP contribution in [0.25, 0.3) is 0 Å². The van der Waals surface area contributed by atoms with Gasteiger partial charge < -0.3 is 4.74 Å². The average Bonchev–Trinajstić information content (AvgIpc) is 2.54. The van der Waals surface area contributed by atoms with Crippen molar-refractivity contribution in [3.8, 4) is 0 Å². The zero-order chi connectivity index (χ0) is 15.9. The van der Waals surface area contributed by atoms with Gasteiger partial charge in [0.2, 0.25) is 0 Å². The van der Waals surface area contributed by atoms with E-state index in [9.17, 15) is 4.79 Å². The van der Waals surface area contributed by atoms with E-state index in [1.165, 1.54) is 89.7 Å². The molecule has 1 rings (SSSR count). The molecule has 2 heteroatoms. The number of unbranched alkanes of at least 4 members (excludes halogenated alkanes) is 8. The molecule has 1 aliphatic carbocycles. The van der Waals surface area contributed by atoms with Crippen molar-refractivity contribution in [2.45, 2.75) is 103 Å². The van der Waals surface area contributed by atoms with Crippen molar-refractivity contribution in [1.29, 1.82) is 0 Å². The van der Waals surface area contributed by atoms with Crippen molar-refractivity contribution in [3.05, 3.63) is 12.8 Å². The summed E-state index contributed by atoms with van der Waals surface area (Å²) in [5.74, 6) is 0.912. The summed E-state index contributed by atoms with van der Waals surface area (Å²) in [5.41, 5.74) is 0. The molecule has 2 nitrogen and oxygen atoms in total. The maximum absolute atomic E-state index is 11.1. The second kappa shape index (κ2) is 13.8. The van der Waals surface area contributed by atoms with Crippen molar-refractivity contribution < 1.29 is 9.53 Å². The van der Waals surface area contributed by atoms with Gasteiger partial charge in [0.15, 0.2) is 0 Å². The second-order valence-corrected chi connectivity index (χ2v) is 6.88. The van der Waals surface area contributed by atoms with Crippen molar-refractivity contribution in [2.75, 3.05) is 0 Å². The lowest BCUT2D eigenvalue weighted by atomic mass is 9.85. The Morgan fingerprint density at radius 2 is 1.41 bits per heavy atom. The summed E-state index contributed by atoms with van der Waals surface area (Å²) in [4.78, 5) is 11.1. The van der Waals surface area contributed by atoms with Gasteiger partial charge >= 0.3 is 5.97 Å². The number of carbonyl (C=O) groups is 1. The number of hydrogen-bond acceptors (Lipinski definition) is 2. The topological polar surface area (TPSA) is 26.3 Å². The summed E-state index contributed by atoms with van der Waals surface area (Å²) in [5, 5.41) is 0. The van der Waals surface area contributed by atoms with Crippen LogP contribution in [-0.4, -0.2) is 5.97 Å². The molecule has 0 unspecified atom stereocenters. The summed E-state index contributed by atoms with van der Waals surface area (Å²) in [6.07, 6.45) is 22.4. The lowest BCUT2D eigenvalue weighted by molar-refractivity contribution is -0.138. The summed E-state index contributed by atoms with van der Waals surface area (Å²) in [6.45, 7) is 3.38. The van der Waals surface area contributed by atoms with Crippen LogP contribution in [0.15, 0.2) is 12.8 Å². The minimum absolute atomic E-state index is 0.145.